The van der Waals surface area contributed by atoms with Crippen LogP contribution in [0.25, 0.3) is 0 Å². The number of hydrogen-bond donors (Lipinski definition) is 2. The molecule has 1 atom stereocenters. The fourth-order valence-corrected chi connectivity index (χ4v) is 3.23. The lowest BCUT2D eigenvalue weighted by Crippen LogP contribution is -2.28. The molecule has 0 radical (unpaired) electrons. The number of halogens is 1. The second kappa shape index (κ2) is 7.48. The number of rotatable bonds is 4. The first-order chi connectivity index (χ1) is 12.0. The van der Waals surface area contributed by atoms with E-state index in [0.29, 0.717) is 10.9 Å². The maximum atomic E-state index is 12.9. The smallest absolute Gasteiger partial charge is 0.240 e. The van der Waals surface area contributed by atoms with Gasteiger partial charge in [0.2, 0.25) is 11.8 Å². The molecule has 2 aromatic rings. The Hall–Kier alpha value is -2.67. The summed E-state index contributed by atoms with van der Waals surface area (Å²) in [7, 11) is 0. The normalized spacial score (nSPS) is 18.2. The third-order valence-corrected chi connectivity index (χ3v) is 4.62. The van der Waals surface area contributed by atoms with Crippen LogP contribution in [-0.4, -0.2) is 22.2 Å². The highest BCUT2D eigenvalue weighted by Crippen LogP contribution is 2.25. The van der Waals surface area contributed by atoms with E-state index in [1.807, 2.05) is 31.2 Å². The van der Waals surface area contributed by atoms with E-state index < -0.39 is 5.25 Å². The first-order valence-electron chi connectivity index (χ1n) is 7.68. The summed E-state index contributed by atoms with van der Waals surface area (Å²) in [4.78, 5) is 28.5. The summed E-state index contributed by atoms with van der Waals surface area (Å²) in [5.41, 5.74) is 2.36. The van der Waals surface area contributed by atoms with Crippen molar-refractivity contribution in [2.24, 2.45) is 4.99 Å². The molecule has 0 unspecified atom stereocenters. The van der Waals surface area contributed by atoms with Crippen LogP contribution in [0.4, 0.5) is 15.8 Å². The number of carbonyl (C=O) groups is 2. The third kappa shape index (κ3) is 4.67. The van der Waals surface area contributed by atoms with Gasteiger partial charge < -0.3 is 10.6 Å². The number of aryl methyl sites for hydroxylation is 1. The molecule has 0 aromatic heterocycles. The zero-order chi connectivity index (χ0) is 17.8. The Bertz CT molecular complexity index is 819. The summed E-state index contributed by atoms with van der Waals surface area (Å²) in [6, 6.07) is 13.1. The first kappa shape index (κ1) is 17.2. The van der Waals surface area contributed by atoms with Gasteiger partial charge in [-0.3, -0.25) is 9.59 Å². The largest absolute Gasteiger partial charge is 0.326 e. The van der Waals surface area contributed by atoms with Gasteiger partial charge in [-0.2, -0.15) is 0 Å². The van der Waals surface area contributed by atoms with Crippen molar-refractivity contribution < 1.29 is 14.0 Å². The van der Waals surface area contributed by atoms with Crippen molar-refractivity contribution in [1.29, 1.82) is 0 Å². The Morgan fingerprint density at radius 1 is 1.20 bits per heavy atom. The zero-order valence-corrected chi connectivity index (χ0v) is 14.3. The monoisotopic (exact) mass is 357 g/mol. The van der Waals surface area contributed by atoms with Crippen molar-refractivity contribution in [3.8, 4) is 0 Å². The molecule has 25 heavy (non-hydrogen) atoms. The van der Waals surface area contributed by atoms with Gasteiger partial charge >= 0.3 is 0 Å². The molecule has 0 saturated carbocycles. The van der Waals surface area contributed by atoms with Crippen LogP contribution in [0.15, 0.2) is 53.5 Å². The summed E-state index contributed by atoms with van der Waals surface area (Å²) in [5, 5.41) is 5.28. The van der Waals surface area contributed by atoms with E-state index in [1.165, 1.54) is 36.0 Å². The van der Waals surface area contributed by atoms with Gasteiger partial charge in [-0.25, -0.2) is 9.38 Å². The third-order valence-electron chi connectivity index (χ3n) is 3.54. The average molecular weight is 357 g/mol. The molecule has 0 spiro atoms. The van der Waals surface area contributed by atoms with Gasteiger partial charge in [0.1, 0.15) is 11.1 Å². The summed E-state index contributed by atoms with van der Waals surface area (Å²) < 4.78 is 12.9. The lowest BCUT2D eigenvalue weighted by molar-refractivity contribution is -0.122. The van der Waals surface area contributed by atoms with Gasteiger partial charge in [-0.15, -0.1) is 0 Å². The Morgan fingerprint density at radius 2 is 1.88 bits per heavy atom. The van der Waals surface area contributed by atoms with E-state index in [1.54, 1.807) is 0 Å². The molecule has 2 N–H and O–H groups in total. The molecule has 1 aliphatic heterocycles. The number of amidine groups is 1. The lowest BCUT2D eigenvalue weighted by atomic mass is 10.2. The molecule has 3 rings (SSSR count). The maximum Gasteiger partial charge on any atom is 0.240 e. The number of aliphatic imine (C=N–C) groups is 1. The van der Waals surface area contributed by atoms with Gasteiger partial charge in [-0.1, -0.05) is 29.5 Å². The standard InChI is InChI=1S/C18H16FN3O2S/c1-11-2-6-14(7-3-11)21-18-22-17(24)15(25-18)10-16(23)20-13-8-4-12(19)5-9-13/h2-9,15H,10H2,1H3,(H,20,23)(H,21,22,24)/t15-/m0/s1. The number of hydrogen-bond acceptors (Lipinski definition) is 4. The molecule has 128 valence electrons. The topological polar surface area (TPSA) is 70.6 Å². The molecular formula is C18H16FN3O2S. The Morgan fingerprint density at radius 3 is 2.56 bits per heavy atom. The Labute approximate surface area is 148 Å². The fourth-order valence-electron chi connectivity index (χ4n) is 2.24. The average Bonchev–Trinajstić information content (AvgIpc) is 2.91. The summed E-state index contributed by atoms with van der Waals surface area (Å²) >= 11 is 1.23. The van der Waals surface area contributed by atoms with Crippen molar-refractivity contribution in [2.45, 2.75) is 18.6 Å². The van der Waals surface area contributed by atoms with Crippen molar-refractivity contribution in [1.82, 2.24) is 5.32 Å². The minimum absolute atomic E-state index is 0.0147. The Balaban J connectivity index is 1.59. The molecule has 5 nitrogen and oxygen atoms in total. The van der Waals surface area contributed by atoms with Crippen LogP contribution in [0.1, 0.15) is 12.0 Å². The first-order valence-corrected chi connectivity index (χ1v) is 8.56. The molecule has 1 saturated heterocycles. The molecule has 1 aliphatic rings. The van der Waals surface area contributed by atoms with E-state index in [2.05, 4.69) is 15.6 Å². The molecule has 0 aliphatic carbocycles. The van der Waals surface area contributed by atoms with Crippen LogP contribution < -0.4 is 10.6 Å². The molecule has 1 heterocycles. The van der Waals surface area contributed by atoms with Gasteiger partial charge in [0.15, 0.2) is 5.17 Å². The summed E-state index contributed by atoms with van der Waals surface area (Å²) in [6.07, 6.45) is 0.0147. The number of thioether (sulfide) groups is 1. The van der Waals surface area contributed by atoms with Crippen molar-refractivity contribution >= 4 is 40.1 Å². The SMILES string of the molecule is Cc1ccc(N=C2NC(=O)[C@H](CC(=O)Nc3ccc(F)cc3)S2)cc1. The predicted molar refractivity (Wildman–Crippen MR) is 97.4 cm³/mol. The van der Waals surface area contributed by atoms with E-state index in [9.17, 15) is 14.0 Å². The van der Waals surface area contributed by atoms with Crippen LogP contribution in [0.3, 0.4) is 0 Å². The molecule has 7 heteroatoms. The number of nitrogens with one attached hydrogen (secondary N) is 2. The minimum Gasteiger partial charge on any atom is -0.326 e. The lowest BCUT2D eigenvalue weighted by Gasteiger charge is -2.07. The summed E-state index contributed by atoms with van der Waals surface area (Å²) in [5.74, 6) is -0.929. The Kier molecular flexibility index (Phi) is 5.14. The molecule has 2 amide bonds. The molecule has 1 fully saturated rings. The van der Waals surface area contributed by atoms with Crippen LogP contribution in [-0.2, 0) is 9.59 Å². The van der Waals surface area contributed by atoms with Gasteiger partial charge in [0.25, 0.3) is 0 Å². The van der Waals surface area contributed by atoms with Gasteiger partial charge in [0.05, 0.1) is 5.69 Å². The number of amides is 2. The van der Waals surface area contributed by atoms with E-state index >= 15 is 0 Å². The summed E-state index contributed by atoms with van der Waals surface area (Å²) in [6.45, 7) is 1.98. The highest BCUT2D eigenvalue weighted by Gasteiger charge is 2.32. The second-order valence-electron chi connectivity index (χ2n) is 5.61. The number of benzene rings is 2. The van der Waals surface area contributed by atoms with Crippen molar-refractivity contribution in [3.05, 3.63) is 59.9 Å². The van der Waals surface area contributed by atoms with Crippen molar-refractivity contribution in [2.75, 3.05) is 5.32 Å². The van der Waals surface area contributed by atoms with Gasteiger partial charge in [-0.05, 0) is 43.3 Å². The zero-order valence-electron chi connectivity index (χ0n) is 13.5. The predicted octanol–water partition coefficient (Wildman–Crippen LogP) is 3.38. The number of carbonyl (C=O) groups excluding carboxylic acids is 2. The number of nitrogens with zero attached hydrogens (tertiary/aromatic N) is 1. The molecular weight excluding hydrogens is 341 g/mol. The van der Waals surface area contributed by atoms with Crippen LogP contribution in [0.2, 0.25) is 0 Å². The van der Waals surface area contributed by atoms with Gasteiger partial charge in [0, 0.05) is 12.1 Å². The maximum absolute atomic E-state index is 12.9. The van der Waals surface area contributed by atoms with E-state index in [4.69, 9.17) is 0 Å². The second-order valence-corrected chi connectivity index (χ2v) is 6.80. The number of anilines is 1. The van der Waals surface area contributed by atoms with Crippen molar-refractivity contribution in [3.63, 3.8) is 0 Å². The highest BCUT2D eigenvalue weighted by atomic mass is 32.2. The van der Waals surface area contributed by atoms with Crippen LogP contribution in [0, 0.1) is 12.7 Å². The van der Waals surface area contributed by atoms with E-state index in [0.717, 1.165) is 11.3 Å². The van der Waals surface area contributed by atoms with Crippen LogP contribution in [0.5, 0.6) is 0 Å². The fraction of sp³-hybridized carbons (Fsp3) is 0.167. The van der Waals surface area contributed by atoms with Crippen LogP contribution >= 0.6 is 11.8 Å². The minimum atomic E-state index is -0.537. The quantitative estimate of drug-likeness (QED) is 0.881. The molecule has 0 bridgehead atoms. The highest BCUT2D eigenvalue weighted by molar-refractivity contribution is 8.15. The van der Waals surface area contributed by atoms with E-state index in [-0.39, 0.29) is 24.1 Å². The molecule has 2 aromatic carbocycles.